The van der Waals surface area contributed by atoms with Crippen LogP contribution >= 0.6 is 0 Å². The predicted molar refractivity (Wildman–Crippen MR) is 70.2 cm³/mol. The van der Waals surface area contributed by atoms with Gasteiger partial charge < -0.3 is 0 Å². The van der Waals surface area contributed by atoms with Crippen molar-refractivity contribution in [3.05, 3.63) is 23.8 Å². The average Bonchev–Trinajstić information content (AvgIpc) is 2.23. The fourth-order valence-electron chi connectivity index (χ4n) is 2.02. The summed E-state index contributed by atoms with van der Waals surface area (Å²) in [4.78, 5) is 2.47. The Morgan fingerprint density at radius 3 is 2.27 bits per heavy atom. The van der Waals surface area contributed by atoms with Gasteiger partial charge in [0.25, 0.3) is 0 Å². The minimum atomic E-state index is 0.594. The third kappa shape index (κ3) is 5.17. The Balaban J connectivity index is 4.61. The van der Waals surface area contributed by atoms with E-state index in [4.69, 9.17) is 0 Å². The molecule has 0 amide bonds. The van der Waals surface area contributed by atoms with E-state index in [-0.39, 0.29) is 0 Å². The summed E-state index contributed by atoms with van der Waals surface area (Å²) in [6.45, 7) is 9.91. The first-order chi connectivity index (χ1) is 7.21. The quantitative estimate of drug-likeness (QED) is 0.572. The lowest BCUT2D eigenvalue weighted by Gasteiger charge is -2.28. The molecule has 0 aromatic heterocycles. The van der Waals surface area contributed by atoms with Crippen LogP contribution in [-0.2, 0) is 0 Å². The first-order valence-corrected chi connectivity index (χ1v) is 6.20. The topological polar surface area (TPSA) is 3.24 Å². The first-order valence-electron chi connectivity index (χ1n) is 6.20. The Morgan fingerprint density at radius 2 is 1.87 bits per heavy atom. The first kappa shape index (κ1) is 14.4. The fraction of sp³-hybridized carbons (Fsp3) is 0.714. The number of likely N-dealkylation sites (N-methyl/N-ethyl adjacent to an activating group) is 1. The number of allylic oxidation sites excluding steroid dienone is 2. The van der Waals surface area contributed by atoms with Crippen LogP contribution < -0.4 is 0 Å². The van der Waals surface area contributed by atoms with Crippen LogP contribution in [0.4, 0.5) is 0 Å². The molecular formula is C14H27N. The third-order valence-electron chi connectivity index (χ3n) is 2.75. The van der Waals surface area contributed by atoms with Crippen LogP contribution in [-0.4, -0.2) is 24.5 Å². The molecule has 0 aromatic rings. The molecule has 15 heavy (non-hydrogen) atoms. The van der Waals surface area contributed by atoms with E-state index in [1.807, 2.05) is 0 Å². The number of nitrogens with zero attached hydrogens (tertiary/aromatic N) is 1. The number of hydrogen-bond acceptors (Lipinski definition) is 1. The van der Waals surface area contributed by atoms with Crippen LogP contribution in [0.25, 0.3) is 0 Å². The normalized spacial score (nSPS) is 15.2. The van der Waals surface area contributed by atoms with Gasteiger partial charge >= 0.3 is 0 Å². The number of hydrogen-bond donors (Lipinski definition) is 0. The van der Waals surface area contributed by atoms with Crippen molar-refractivity contribution < 1.29 is 0 Å². The highest BCUT2D eigenvalue weighted by Crippen LogP contribution is 2.16. The summed E-state index contributed by atoms with van der Waals surface area (Å²) in [5.41, 5.74) is 1.45. The second-order valence-electron chi connectivity index (χ2n) is 4.07. The molecule has 1 unspecified atom stereocenters. The van der Waals surface area contributed by atoms with Crippen molar-refractivity contribution in [3.8, 4) is 0 Å². The molecule has 0 aromatic carbocycles. The van der Waals surface area contributed by atoms with E-state index >= 15 is 0 Å². The molecule has 0 saturated heterocycles. The highest BCUT2D eigenvalue weighted by molar-refractivity contribution is 5.23. The van der Waals surface area contributed by atoms with Crippen LogP contribution in [0.5, 0.6) is 0 Å². The summed E-state index contributed by atoms with van der Waals surface area (Å²) in [7, 11) is 2.23. The molecule has 0 rings (SSSR count). The Morgan fingerprint density at radius 1 is 1.20 bits per heavy atom. The van der Waals surface area contributed by atoms with Crippen LogP contribution in [0.1, 0.15) is 47.0 Å². The van der Waals surface area contributed by atoms with E-state index in [0.717, 1.165) is 0 Å². The van der Waals surface area contributed by atoms with Gasteiger partial charge in [0.1, 0.15) is 0 Å². The second-order valence-corrected chi connectivity index (χ2v) is 4.07. The molecule has 0 aliphatic heterocycles. The van der Waals surface area contributed by atoms with E-state index in [1.54, 1.807) is 0 Å². The van der Waals surface area contributed by atoms with Gasteiger partial charge in [0, 0.05) is 6.04 Å². The van der Waals surface area contributed by atoms with E-state index in [2.05, 4.69) is 57.9 Å². The molecule has 0 aliphatic carbocycles. The van der Waals surface area contributed by atoms with Crippen molar-refractivity contribution in [3.63, 3.8) is 0 Å². The monoisotopic (exact) mass is 209 g/mol. The van der Waals surface area contributed by atoms with Gasteiger partial charge in [0.2, 0.25) is 0 Å². The van der Waals surface area contributed by atoms with Gasteiger partial charge in [-0.25, -0.2) is 0 Å². The SMILES string of the molecule is C/C=C\C(=C/C)C(CCC)N(C)CCC. The summed E-state index contributed by atoms with van der Waals surface area (Å²) in [6, 6.07) is 0.594. The van der Waals surface area contributed by atoms with Crippen molar-refractivity contribution in [1.82, 2.24) is 4.90 Å². The largest absolute Gasteiger partial charge is 0.299 e. The average molecular weight is 209 g/mol. The van der Waals surface area contributed by atoms with Crippen molar-refractivity contribution in [2.24, 2.45) is 0 Å². The van der Waals surface area contributed by atoms with Crippen molar-refractivity contribution in [2.75, 3.05) is 13.6 Å². The summed E-state index contributed by atoms with van der Waals surface area (Å²) >= 11 is 0. The summed E-state index contributed by atoms with van der Waals surface area (Å²) in [6.07, 6.45) is 10.3. The van der Waals surface area contributed by atoms with E-state index in [0.29, 0.717) is 6.04 Å². The van der Waals surface area contributed by atoms with E-state index in [1.165, 1.54) is 31.4 Å². The van der Waals surface area contributed by atoms with Crippen molar-refractivity contribution >= 4 is 0 Å². The molecule has 88 valence electrons. The minimum Gasteiger partial charge on any atom is -0.299 e. The lowest BCUT2D eigenvalue weighted by atomic mass is 10.00. The van der Waals surface area contributed by atoms with Gasteiger partial charge in [-0.05, 0) is 45.9 Å². The maximum atomic E-state index is 2.47. The summed E-state index contributed by atoms with van der Waals surface area (Å²) in [5, 5.41) is 0. The minimum absolute atomic E-state index is 0.594. The fourth-order valence-corrected chi connectivity index (χ4v) is 2.02. The lowest BCUT2D eigenvalue weighted by Crippen LogP contribution is -2.33. The van der Waals surface area contributed by atoms with Gasteiger partial charge in [-0.3, -0.25) is 4.90 Å². The van der Waals surface area contributed by atoms with Gasteiger partial charge in [-0.1, -0.05) is 38.5 Å². The van der Waals surface area contributed by atoms with Crippen LogP contribution in [0.15, 0.2) is 23.8 Å². The summed E-state index contributed by atoms with van der Waals surface area (Å²) < 4.78 is 0. The molecule has 0 spiro atoms. The molecule has 0 heterocycles. The Labute approximate surface area is 95.9 Å². The highest BCUT2D eigenvalue weighted by atomic mass is 15.1. The Kier molecular flexibility index (Phi) is 8.40. The van der Waals surface area contributed by atoms with E-state index in [9.17, 15) is 0 Å². The van der Waals surface area contributed by atoms with Gasteiger partial charge in [0.05, 0.1) is 0 Å². The third-order valence-corrected chi connectivity index (χ3v) is 2.75. The van der Waals surface area contributed by atoms with Crippen LogP contribution in [0, 0.1) is 0 Å². The zero-order valence-electron chi connectivity index (χ0n) is 11.1. The smallest absolute Gasteiger partial charge is 0.0341 e. The Hall–Kier alpha value is -0.560. The zero-order chi connectivity index (χ0) is 11.7. The van der Waals surface area contributed by atoms with Crippen molar-refractivity contribution in [1.29, 1.82) is 0 Å². The van der Waals surface area contributed by atoms with Gasteiger partial charge in [0.15, 0.2) is 0 Å². The number of rotatable bonds is 7. The molecule has 1 nitrogen and oxygen atoms in total. The standard InChI is InChI=1S/C14H27N/c1-6-10-13(9-4)14(11-7-2)15(5)12-8-3/h6,9-10,14H,7-8,11-12H2,1-5H3/b10-6-,13-9+. The molecule has 0 radical (unpaired) electrons. The molecule has 0 aliphatic rings. The van der Waals surface area contributed by atoms with E-state index < -0.39 is 0 Å². The molecule has 1 atom stereocenters. The molecular weight excluding hydrogens is 182 g/mol. The molecule has 0 N–H and O–H groups in total. The lowest BCUT2D eigenvalue weighted by molar-refractivity contribution is 0.262. The Bertz CT molecular complexity index is 203. The molecule has 0 bridgehead atoms. The molecule has 0 saturated carbocycles. The second kappa shape index (κ2) is 8.72. The molecule has 1 heteroatoms. The van der Waals surface area contributed by atoms with Crippen molar-refractivity contribution in [2.45, 2.75) is 53.0 Å². The van der Waals surface area contributed by atoms with Gasteiger partial charge in [-0.15, -0.1) is 0 Å². The zero-order valence-corrected chi connectivity index (χ0v) is 11.1. The predicted octanol–water partition coefficient (Wildman–Crippen LogP) is 4.02. The van der Waals surface area contributed by atoms with Gasteiger partial charge in [-0.2, -0.15) is 0 Å². The van der Waals surface area contributed by atoms with Crippen LogP contribution in [0.2, 0.25) is 0 Å². The molecule has 0 fully saturated rings. The maximum Gasteiger partial charge on any atom is 0.0341 e. The summed E-state index contributed by atoms with van der Waals surface area (Å²) in [5.74, 6) is 0. The highest BCUT2D eigenvalue weighted by Gasteiger charge is 2.15. The maximum absolute atomic E-state index is 2.47. The van der Waals surface area contributed by atoms with Crippen LogP contribution in [0.3, 0.4) is 0 Å².